The van der Waals surface area contributed by atoms with Crippen molar-refractivity contribution in [2.24, 2.45) is 10.8 Å². The van der Waals surface area contributed by atoms with Crippen molar-refractivity contribution in [3.8, 4) is 11.5 Å². The smallest absolute Gasteiger partial charge is 0.211 e. The summed E-state index contributed by atoms with van der Waals surface area (Å²) in [4.78, 5) is 0. The summed E-state index contributed by atoms with van der Waals surface area (Å²) in [6.45, 7) is 4.93. The van der Waals surface area contributed by atoms with Gasteiger partial charge >= 0.3 is 0 Å². The molecule has 0 saturated carbocycles. The van der Waals surface area contributed by atoms with Crippen LogP contribution < -0.4 is 18.6 Å². The molecule has 2 aromatic heterocycles. The van der Waals surface area contributed by atoms with Gasteiger partial charge in [-0.3, -0.25) is 0 Å². The van der Waals surface area contributed by atoms with Gasteiger partial charge in [-0.1, -0.05) is 65.2 Å². The fourth-order valence-corrected chi connectivity index (χ4v) is 5.10. The highest BCUT2D eigenvalue weighted by atomic mass is 16.5. The normalized spacial score (nSPS) is 12.0. The van der Waals surface area contributed by atoms with E-state index in [0.29, 0.717) is 11.5 Å². The molecule has 0 atom stereocenters. The number of rotatable bonds is 28. The lowest BCUT2D eigenvalue weighted by atomic mass is 9.90. The molecule has 4 N–H and O–H groups in total. The lowest BCUT2D eigenvalue weighted by molar-refractivity contribution is -0.697. The topological polar surface area (TPSA) is 116 Å². The predicted molar refractivity (Wildman–Crippen MR) is 175 cm³/mol. The number of hydrogen-bond acceptors (Lipinski definition) is 7. The molecule has 2 heterocycles. The van der Waals surface area contributed by atoms with Gasteiger partial charge in [0.1, 0.15) is 26.3 Å². The van der Waals surface area contributed by atoms with Crippen molar-refractivity contribution in [2.75, 3.05) is 52.9 Å². The maximum Gasteiger partial charge on any atom is 0.211 e. The summed E-state index contributed by atoms with van der Waals surface area (Å²) in [5.41, 5.74) is -2.11. The minimum absolute atomic E-state index is 0.0179. The first-order valence-corrected chi connectivity index (χ1v) is 17.2. The van der Waals surface area contributed by atoms with Gasteiger partial charge in [0, 0.05) is 25.0 Å². The third-order valence-electron chi connectivity index (χ3n) is 8.45. The van der Waals surface area contributed by atoms with Gasteiger partial charge in [-0.15, -0.1) is 0 Å². The van der Waals surface area contributed by atoms with E-state index in [1.54, 1.807) is 0 Å². The number of unbranched alkanes of at least 4 members (excludes halogenated alkanes) is 10. The minimum Gasteiger partial charge on any atom is -0.487 e. The number of pyridine rings is 2. The van der Waals surface area contributed by atoms with Gasteiger partial charge in [0.25, 0.3) is 0 Å². The van der Waals surface area contributed by atoms with Crippen molar-refractivity contribution in [3.63, 3.8) is 0 Å². The van der Waals surface area contributed by atoms with E-state index in [-0.39, 0.29) is 52.9 Å². The van der Waals surface area contributed by atoms with Crippen LogP contribution in [0, 0.1) is 10.8 Å². The first kappa shape index (κ1) is 38.9. The van der Waals surface area contributed by atoms with E-state index >= 15 is 0 Å². The standard InChI is InChI=1S/C36H62N2O7/c1-3-5-7-9-11-13-19-37-21-15-17-33(23-37)44-31-35(25-39,26-40)29-43-30-36(27-41,28-42)32-45-34-18-16-22-38(24-34)20-14-12-10-8-6-4-2/h15-18,21-24,39-42H,3-14,19-20,25-32H2,1-2H3/q+2. The zero-order valence-electron chi connectivity index (χ0n) is 28.1. The van der Waals surface area contributed by atoms with Crippen LogP contribution in [0.1, 0.15) is 90.9 Å². The zero-order chi connectivity index (χ0) is 32.6. The van der Waals surface area contributed by atoms with Crippen LogP contribution in [-0.2, 0) is 17.8 Å². The Labute approximate surface area is 271 Å². The highest BCUT2D eigenvalue weighted by Gasteiger charge is 2.35. The number of aromatic nitrogens is 2. The molecule has 0 amide bonds. The average molecular weight is 635 g/mol. The van der Waals surface area contributed by atoms with Crippen molar-refractivity contribution >= 4 is 0 Å². The van der Waals surface area contributed by atoms with Gasteiger partial charge < -0.3 is 34.6 Å². The first-order valence-electron chi connectivity index (χ1n) is 17.2. The summed E-state index contributed by atoms with van der Waals surface area (Å²) in [6, 6.07) is 7.59. The Morgan fingerprint density at radius 2 is 0.911 bits per heavy atom. The number of ether oxygens (including phenoxy) is 3. The van der Waals surface area contributed by atoms with Crippen molar-refractivity contribution in [2.45, 2.75) is 104 Å². The zero-order valence-corrected chi connectivity index (χ0v) is 28.1. The summed E-state index contributed by atoms with van der Waals surface area (Å²) in [6.07, 6.45) is 22.7. The van der Waals surface area contributed by atoms with E-state index in [4.69, 9.17) is 14.2 Å². The Bertz CT molecular complexity index is 935. The number of hydrogen-bond donors (Lipinski definition) is 4. The molecule has 0 spiro atoms. The molecule has 2 aromatic rings. The molecule has 0 aliphatic heterocycles. The second-order valence-electron chi connectivity index (χ2n) is 12.8. The highest BCUT2D eigenvalue weighted by Crippen LogP contribution is 2.23. The molecule has 9 heteroatoms. The van der Waals surface area contributed by atoms with Gasteiger partial charge in [-0.05, 0) is 25.0 Å². The van der Waals surface area contributed by atoms with Crippen molar-refractivity contribution < 1.29 is 43.8 Å². The Hall–Kier alpha value is -2.30. The molecular weight excluding hydrogens is 572 g/mol. The fraction of sp³-hybridized carbons (Fsp3) is 0.722. The molecule has 0 unspecified atom stereocenters. The molecule has 0 fully saturated rings. The summed E-state index contributed by atoms with van der Waals surface area (Å²) in [5.74, 6) is 1.31. The van der Waals surface area contributed by atoms with Gasteiger partial charge in [0.2, 0.25) is 12.4 Å². The maximum atomic E-state index is 10.2. The third-order valence-corrected chi connectivity index (χ3v) is 8.45. The molecule has 9 nitrogen and oxygen atoms in total. The quantitative estimate of drug-likeness (QED) is 0.0810. The number of aliphatic hydroxyl groups is 4. The average Bonchev–Trinajstić information content (AvgIpc) is 3.08. The largest absolute Gasteiger partial charge is 0.487 e. The van der Waals surface area contributed by atoms with E-state index in [0.717, 1.165) is 25.9 Å². The molecular formula is C36H62N2O7+2. The van der Waals surface area contributed by atoms with Crippen LogP contribution in [0.5, 0.6) is 11.5 Å². The van der Waals surface area contributed by atoms with Crippen LogP contribution in [-0.4, -0.2) is 73.3 Å². The first-order chi connectivity index (χ1) is 22.0. The second-order valence-corrected chi connectivity index (χ2v) is 12.8. The summed E-state index contributed by atoms with van der Waals surface area (Å²) in [5, 5.41) is 40.8. The van der Waals surface area contributed by atoms with Crippen LogP contribution in [0.15, 0.2) is 49.1 Å². The second kappa shape index (κ2) is 23.1. The molecule has 0 aromatic carbocycles. The van der Waals surface area contributed by atoms with E-state index < -0.39 is 10.8 Å². The highest BCUT2D eigenvalue weighted by molar-refractivity contribution is 5.13. The Balaban J connectivity index is 1.86. The van der Waals surface area contributed by atoms with Crippen LogP contribution >= 0.6 is 0 Å². The Kier molecular flexibility index (Phi) is 19.9. The Morgan fingerprint density at radius 3 is 1.29 bits per heavy atom. The lowest BCUT2D eigenvalue weighted by Gasteiger charge is -2.33. The minimum atomic E-state index is -1.06. The van der Waals surface area contributed by atoms with Gasteiger partial charge in [-0.25, -0.2) is 9.13 Å². The molecule has 45 heavy (non-hydrogen) atoms. The van der Waals surface area contributed by atoms with E-state index in [2.05, 4.69) is 23.0 Å². The third kappa shape index (κ3) is 15.2. The molecule has 0 radical (unpaired) electrons. The molecule has 0 saturated heterocycles. The lowest BCUT2D eigenvalue weighted by Crippen LogP contribution is -2.45. The SMILES string of the molecule is CCCCCCCC[n+]1cccc(OCC(CO)(CO)COCC(CO)(CO)COc2ccc[n+](CCCCCCCC)c2)c1. The van der Waals surface area contributed by atoms with Gasteiger partial charge in [0.15, 0.2) is 23.9 Å². The van der Waals surface area contributed by atoms with Crippen molar-refractivity contribution in [1.82, 2.24) is 0 Å². The molecule has 0 bridgehead atoms. The van der Waals surface area contributed by atoms with Gasteiger partial charge in [-0.2, -0.15) is 0 Å². The number of aryl methyl sites for hydroxylation is 2. The summed E-state index contributed by atoms with van der Waals surface area (Å²) >= 11 is 0. The van der Waals surface area contributed by atoms with Crippen molar-refractivity contribution in [3.05, 3.63) is 49.1 Å². The van der Waals surface area contributed by atoms with E-state index in [1.807, 2.05) is 49.1 Å². The fourth-order valence-electron chi connectivity index (χ4n) is 5.10. The molecule has 0 aliphatic carbocycles. The van der Waals surface area contributed by atoms with Crippen LogP contribution in [0.3, 0.4) is 0 Å². The maximum absolute atomic E-state index is 10.2. The monoisotopic (exact) mass is 634 g/mol. The van der Waals surface area contributed by atoms with E-state index in [9.17, 15) is 20.4 Å². The molecule has 2 rings (SSSR count). The predicted octanol–water partition coefficient (Wildman–Crippen LogP) is 4.40. The molecule has 256 valence electrons. The van der Waals surface area contributed by atoms with Crippen LogP contribution in [0.2, 0.25) is 0 Å². The van der Waals surface area contributed by atoms with Crippen molar-refractivity contribution in [1.29, 1.82) is 0 Å². The Morgan fingerprint density at radius 1 is 0.533 bits per heavy atom. The van der Waals surface area contributed by atoms with E-state index in [1.165, 1.54) is 64.2 Å². The van der Waals surface area contributed by atoms with Crippen LogP contribution in [0.4, 0.5) is 0 Å². The van der Waals surface area contributed by atoms with Crippen LogP contribution in [0.25, 0.3) is 0 Å². The number of nitrogens with zero attached hydrogens (tertiary/aromatic N) is 2. The molecule has 0 aliphatic rings. The summed E-state index contributed by atoms with van der Waals surface area (Å²) in [7, 11) is 0. The summed E-state index contributed by atoms with van der Waals surface area (Å²) < 4.78 is 22.2. The number of aliphatic hydroxyl groups excluding tert-OH is 4. The van der Waals surface area contributed by atoms with Gasteiger partial charge in [0.05, 0.1) is 50.5 Å².